The number of nitrogens with two attached hydrogens (primary N) is 1. The fourth-order valence-corrected chi connectivity index (χ4v) is 4.23. The number of nitrogens with zero attached hydrogens (tertiary/aromatic N) is 1. The maximum absolute atomic E-state index is 12.6. The number of piperidine rings is 1. The monoisotopic (exact) mass is 378 g/mol. The first-order chi connectivity index (χ1) is 12.1. The van der Waals surface area contributed by atoms with E-state index < -0.39 is 0 Å². The van der Waals surface area contributed by atoms with Gasteiger partial charge in [-0.25, -0.2) is 0 Å². The third-order valence-electron chi connectivity index (χ3n) is 5.71. The molecule has 2 unspecified atom stereocenters. The predicted octanol–water partition coefficient (Wildman–Crippen LogP) is 3.68. The molecule has 2 aliphatic rings. The number of fused-ring (bicyclic) bond motifs is 1. The molecule has 0 aromatic heterocycles. The minimum absolute atomic E-state index is 0. The van der Waals surface area contributed by atoms with Gasteiger partial charge in [-0.15, -0.1) is 12.4 Å². The molecule has 1 aliphatic heterocycles. The highest BCUT2D eigenvalue weighted by Crippen LogP contribution is 2.24. The molecule has 4 nitrogen and oxygen atoms in total. The fraction of sp³-hybridized carbons (Fsp3) is 0.619. The molecule has 0 spiro atoms. The van der Waals surface area contributed by atoms with Crippen molar-refractivity contribution in [1.29, 1.82) is 0 Å². The van der Waals surface area contributed by atoms with Crippen molar-refractivity contribution in [3.8, 4) is 0 Å². The topological polar surface area (TPSA) is 63.4 Å². The van der Waals surface area contributed by atoms with Crippen LogP contribution in [0.1, 0.15) is 73.4 Å². The third kappa shape index (κ3) is 4.86. The van der Waals surface area contributed by atoms with E-state index in [4.69, 9.17) is 5.73 Å². The van der Waals surface area contributed by atoms with Gasteiger partial charge in [0.05, 0.1) is 0 Å². The lowest BCUT2D eigenvalue weighted by Crippen LogP contribution is -2.51. The summed E-state index contributed by atoms with van der Waals surface area (Å²) in [5.41, 5.74) is 9.50. The van der Waals surface area contributed by atoms with Gasteiger partial charge in [-0.3, -0.25) is 9.59 Å². The Morgan fingerprint density at radius 1 is 1.12 bits per heavy atom. The lowest BCUT2D eigenvalue weighted by Gasteiger charge is -2.38. The highest BCUT2D eigenvalue weighted by Gasteiger charge is 2.29. The van der Waals surface area contributed by atoms with Crippen molar-refractivity contribution in [2.24, 2.45) is 5.73 Å². The van der Waals surface area contributed by atoms with Gasteiger partial charge < -0.3 is 10.6 Å². The Hall–Kier alpha value is -1.39. The molecule has 1 aromatic rings. The van der Waals surface area contributed by atoms with Crippen LogP contribution in [0.15, 0.2) is 18.2 Å². The quantitative estimate of drug-likeness (QED) is 0.795. The molecule has 1 fully saturated rings. The molecule has 1 heterocycles. The van der Waals surface area contributed by atoms with Crippen molar-refractivity contribution in [1.82, 2.24) is 4.90 Å². The van der Waals surface area contributed by atoms with Gasteiger partial charge in [0.1, 0.15) is 0 Å². The third-order valence-corrected chi connectivity index (χ3v) is 5.71. The maximum Gasteiger partial charge on any atom is 0.223 e. The summed E-state index contributed by atoms with van der Waals surface area (Å²) < 4.78 is 0. The van der Waals surface area contributed by atoms with Gasteiger partial charge in [-0.1, -0.05) is 12.1 Å². The smallest absolute Gasteiger partial charge is 0.223 e. The molecule has 2 atom stereocenters. The first-order valence-corrected chi connectivity index (χ1v) is 9.76. The standard InChI is InChI=1S/C21H30N2O2.ClH/c1-15(22)19-8-4-5-13-23(19)21(25)12-11-20(24)18-10-9-16-6-2-3-7-17(16)14-18;/h9-10,14-15,19H,2-8,11-13,22H2,1H3;1H. The molecule has 0 saturated carbocycles. The summed E-state index contributed by atoms with van der Waals surface area (Å²) in [4.78, 5) is 27.0. The Balaban J connectivity index is 0.00000243. The summed E-state index contributed by atoms with van der Waals surface area (Å²) in [6.07, 6.45) is 8.36. The van der Waals surface area contributed by atoms with E-state index in [1.165, 1.54) is 24.0 Å². The van der Waals surface area contributed by atoms with Crippen LogP contribution in [0.3, 0.4) is 0 Å². The lowest BCUT2D eigenvalue weighted by atomic mass is 9.89. The minimum Gasteiger partial charge on any atom is -0.338 e. The SMILES string of the molecule is CC(N)C1CCCCN1C(=O)CCC(=O)c1ccc2c(c1)CCCC2.Cl. The number of halogens is 1. The Morgan fingerprint density at radius 3 is 2.58 bits per heavy atom. The number of likely N-dealkylation sites (tertiary alicyclic amines) is 1. The van der Waals surface area contributed by atoms with Crippen molar-refractivity contribution < 1.29 is 9.59 Å². The molecule has 144 valence electrons. The van der Waals surface area contributed by atoms with Crippen LogP contribution in [0, 0.1) is 0 Å². The second-order valence-electron chi connectivity index (χ2n) is 7.62. The zero-order chi connectivity index (χ0) is 17.8. The van der Waals surface area contributed by atoms with E-state index in [-0.39, 0.29) is 36.2 Å². The Labute approximate surface area is 162 Å². The van der Waals surface area contributed by atoms with E-state index in [0.717, 1.165) is 44.2 Å². The molecule has 1 aliphatic carbocycles. The summed E-state index contributed by atoms with van der Waals surface area (Å²) in [6, 6.07) is 6.19. The number of rotatable bonds is 5. The van der Waals surface area contributed by atoms with Crippen LogP contribution in [-0.4, -0.2) is 35.2 Å². The number of aryl methyl sites for hydroxylation is 2. The number of carbonyl (C=O) groups excluding carboxylic acids is 2. The molecule has 1 amide bonds. The highest BCUT2D eigenvalue weighted by molar-refractivity contribution is 5.98. The number of Topliss-reactive ketones (excluding diaryl/α,β-unsaturated/α-hetero) is 1. The summed E-state index contributed by atoms with van der Waals surface area (Å²) in [6.45, 7) is 2.74. The van der Waals surface area contributed by atoms with E-state index in [0.29, 0.717) is 12.8 Å². The van der Waals surface area contributed by atoms with Crippen LogP contribution >= 0.6 is 12.4 Å². The zero-order valence-corrected chi connectivity index (χ0v) is 16.5. The summed E-state index contributed by atoms with van der Waals surface area (Å²) in [5, 5.41) is 0. The average molecular weight is 379 g/mol. The van der Waals surface area contributed by atoms with E-state index >= 15 is 0 Å². The normalized spacial score (nSPS) is 20.7. The van der Waals surface area contributed by atoms with Gasteiger partial charge in [0.2, 0.25) is 5.91 Å². The summed E-state index contributed by atoms with van der Waals surface area (Å²) in [5.74, 6) is 0.157. The number of ketones is 1. The van der Waals surface area contributed by atoms with Crippen LogP contribution in [0.5, 0.6) is 0 Å². The van der Waals surface area contributed by atoms with E-state index in [9.17, 15) is 9.59 Å². The van der Waals surface area contributed by atoms with Crippen molar-refractivity contribution >= 4 is 24.1 Å². The molecule has 0 bridgehead atoms. The molecule has 5 heteroatoms. The number of hydrogen-bond donors (Lipinski definition) is 1. The minimum atomic E-state index is -0.0133. The highest BCUT2D eigenvalue weighted by atomic mass is 35.5. The van der Waals surface area contributed by atoms with E-state index in [1.807, 2.05) is 24.0 Å². The molecule has 0 radical (unpaired) electrons. The van der Waals surface area contributed by atoms with Gasteiger partial charge in [-0.2, -0.15) is 0 Å². The number of hydrogen-bond acceptors (Lipinski definition) is 3. The van der Waals surface area contributed by atoms with Crippen molar-refractivity contribution in [2.75, 3.05) is 6.54 Å². The molecule has 1 saturated heterocycles. The predicted molar refractivity (Wildman–Crippen MR) is 107 cm³/mol. The van der Waals surface area contributed by atoms with Gasteiger partial charge in [0.25, 0.3) is 0 Å². The Morgan fingerprint density at radius 2 is 1.85 bits per heavy atom. The maximum atomic E-state index is 12.6. The van der Waals surface area contributed by atoms with Crippen molar-refractivity contribution in [2.45, 2.75) is 76.8 Å². The summed E-state index contributed by atoms with van der Waals surface area (Å²) >= 11 is 0. The molecule has 3 rings (SSSR count). The second kappa shape index (κ2) is 9.52. The van der Waals surface area contributed by atoms with Crippen LogP contribution in [0.2, 0.25) is 0 Å². The molecule has 1 aromatic carbocycles. The second-order valence-corrected chi connectivity index (χ2v) is 7.62. The zero-order valence-electron chi connectivity index (χ0n) is 15.7. The number of benzene rings is 1. The van der Waals surface area contributed by atoms with Crippen LogP contribution < -0.4 is 5.73 Å². The molecular weight excluding hydrogens is 348 g/mol. The fourth-order valence-electron chi connectivity index (χ4n) is 4.23. The molecule has 26 heavy (non-hydrogen) atoms. The van der Waals surface area contributed by atoms with Crippen LogP contribution in [-0.2, 0) is 17.6 Å². The average Bonchev–Trinajstić information content (AvgIpc) is 2.65. The van der Waals surface area contributed by atoms with E-state index in [2.05, 4.69) is 6.07 Å². The first kappa shape index (κ1) is 20.9. The summed E-state index contributed by atoms with van der Waals surface area (Å²) in [7, 11) is 0. The van der Waals surface area contributed by atoms with Crippen molar-refractivity contribution in [3.63, 3.8) is 0 Å². The van der Waals surface area contributed by atoms with Gasteiger partial charge in [-0.05, 0) is 69.1 Å². The van der Waals surface area contributed by atoms with Gasteiger partial charge in [0, 0.05) is 37.0 Å². The van der Waals surface area contributed by atoms with Gasteiger partial charge >= 0.3 is 0 Å². The van der Waals surface area contributed by atoms with Crippen molar-refractivity contribution in [3.05, 3.63) is 34.9 Å². The molecule has 2 N–H and O–H groups in total. The Kier molecular flexibility index (Phi) is 7.66. The number of carbonyl (C=O) groups is 2. The van der Waals surface area contributed by atoms with Crippen LogP contribution in [0.4, 0.5) is 0 Å². The van der Waals surface area contributed by atoms with E-state index in [1.54, 1.807) is 0 Å². The lowest BCUT2D eigenvalue weighted by molar-refractivity contribution is -0.135. The first-order valence-electron chi connectivity index (χ1n) is 9.76. The Bertz CT molecular complexity index is 645. The largest absolute Gasteiger partial charge is 0.338 e. The van der Waals surface area contributed by atoms with Crippen LogP contribution in [0.25, 0.3) is 0 Å². The number of amides is 1. The van der Waals surface area contributed by atoms with Gasteiger partial charge in [0.15, 0.2) is 5.78 Å². The molecular formula is C21H31ClN2O2.